The number of aryl methyl sites for hydroxylation is 1. The quantitative estimate of drug-likeness (QED) is 0.706. The summed E-state index contributed by atoms with van der Waals surface area (Å²) in [6.07, 6.45) is 6.96. The fourth-order valence-electron chi connectivity index (χ4n) is 6.80. The first-order valence-corrected chi connectivity index (χ1v) is 11.9. The number of nitrogens with zero attached hydrogens (tertiary/aromatic N) is 1. The molecule has 2 amide bonds. The van der Waals surface area contributed by atoms with Gasteiger partial charge in [-0.1, -0.05) is 31.5 Å². The van der Waals surface area contributed by atoms with Gasteiger partial charge in [-0.25, -0.2) is 0 Å². The fraction of sp³-hybridized carbons (Fsp3) is 0.692. The molecule has 5 rings (SSSR count). The van der Waals surface area contributed by atoms with E-state index >= 15 is 0 Å². The summed E-state index contributed by atoms with van der Waals surface area (Å²) in [6, 6.07) is 5.51. The lowest BCUT2D eigenvalue weighted by atomic mass is 9.49. The molecule has 0 heterocycles. The molecule has 1 aromatic rings. The maximum Gasteiger partial charge on any atom is 0.245 e. The molecular weight excluding hydrogens is 388 g/mol. The summed E-state index contributed by atoms with van der Waals surface area (Å²) in [4.78, 5) is 28.7. The molecule has 170 valence electrons. The third-order valence-electron chi connectivity index (χ3n) is 7.96. The third kappa shape index (κ3) is 4.33. The average molecular weight is 427 g/mol. The topological polar surface area (TPSA) is 58.6 Å². The van der Waals surface area contributed by atoms with Gasteiger partial charge in [-0.3, -0.25) is 9.59 Å². The Kier molecular flexibility index (Phi) is 6.06. The van der Waals surface area contributed by atoms with Gasteiger partial charge < -0.3 is 15.0 Å². The Morgan fingerprint density at radius 2 is 1.71 bits per heavy atom. The van der Waals surface area contributed by atoms with Gasteiger partial charge in [-0.2, -0.15) is 0 Å². The first kappa shape index (κ1) is 22.2. The van der Waals surface area contributed by atoms with E-state index < -0.39 is 6.04 Å². The molecule has 0 saturated heterocycles. The number of hydrogen-bond acceptors (Lipinski definition) is 3. The van der Waals surface area contributed by atoms with Crippen LogP contribution in [0.4, 0.5) is 0 Å². The van der Waals surface area contributed by atoms with Crippen molar-refractivity contribution >= 4 is 11.8 Å². The van der Waals surface area contributed by atoms with Gasteiger partial charge in [0.15, 0.2) is 0 Å². The van der Waals surface area contributed by atoms with E-state index in [1.54, 1.807) is 12.0 Å². The Hall–Kier alpha value is -2.04. The molecule has 1 N–H and O–H groups in total. The summed E-state index contributed by atoms with van der Waals surface area (Å²) in [7, 11) is 3.47. The highest BCUT2D eigenvalue weighted by Gasteiger charge is 2.55. The van der Waals surface area contributed by atoms with E-state index in [0.717, 1.165) is 36.1 Å². The number of ether oxygens (including phenoxy) is 1. The Morgan fingerprint density at radius 3 is 2.23 bits per heavy atom. The highest BCUT2D eigenvalue weighted by atomic mass is 16.5. The van der Waals surface area contributed by atoms with E-state index in [4.69, 9.17) is 4.74 Å². The number of hydrogen-bond donors (Lipinski definition) is 1. The summed E-state index contributed by atoms with van der Waals surface area (Å²) in [5, 5.41) is 3.22. The van der Waals surface area contributed by atoms with Crippen LogP contribution >= 0.6 is 0 Å². The molecule has 4 fully saturated rings. The molecule has 4 aliphatic rings. The van der Waals surface area contributed by atoms with Crippen LogP contribution in [-0.2, 0) is 16.1 Å². The lowest BCUT2D eigenvalue weighted by Crippen LogP contribution is -2.58. The maximum atomic E-state index is 13.5. The standard InChI is InChI=1S/C26H38N2O3/c1-16(2)23(24(29)28(4)15-21-8-17(3)6-7-22(21)31-5)27-25(30)26-12-18-9-19(13-26)11-20(10-18)14-26/h6-8,16,18-20,23H,9-15H2,1-5H3,(H,27,30)/t18?,19?,20?,23-,26?/m1/s1. The van der Waals surface area contributed by atoms with Gasteiger partial charge in [0.2, 0.25) is 11.8 Å². The monoisotopic (exact) mass is 426 g/mol. The largest absolute Gasteiger partial charge is 0.496 e. The van der Waals surface area contributed by atoms with Gasteiger partial charge >= 0.3 is 0 Å². The molecule has 4 bridgehead atoms. The molecule has 0 spiro atoms. The maximum absolute atomic E-state index is 13.5. The molecule has 5 heteroatoms. The van der Waals surface area contributed by atoms with Crippen LogP contribution in [0.1, 0.15) is 63.5 Å². The minimum absolute atomic E-state index is 0.0309. The zero-order valence-electron chi connectivity index (χ0n) is 19.7. The molecular formula is C26H38N2O3. The molecule has 1 aromatic carbocycles. The SMILES string of the molecule is COc1ccc(C)cc1CN(C)C(=O)[C@H](NC(=O)C12CC3CC(CC(C3)C1)C2)C(C)C. The van der Waals surface area contributed by atoms with Crippen molar-refractivity contribution in [3.8, 4) is 5.75 Å². The number of methoxy groups -OCH3 is 1. The predicted octanol–water partition coefficient (Wildman–Crippen LogP) is 4.32. The first-order valence-electron chi connectivity index (χ1n) is 11.9. The van der Waals surface area contributed by atoms with Gasteiger partial charge in [0.05, 0.1) is 7.11 Å². The van der Waals surface area contributed by atoms with E-state index in [1.807, 2.05) is 40.0 Å². The van der Waals surface area contributed by atoms with Crippen molar-refractivity contribution in [1.82, 2.24) is 10.2 Å². The van der Waals surface area contributed by atoms with Crippen LogP contribution in [0, 0.1) is 36.0 Å². The van der Waals surface area contributed by atoms with Crippen LogP contribution in [0.5, 0.6) is 5.75 Å². The van der Waals surface area contributed by atoms with Crippen molar-refractivity contribution in [2.75, 3.05) is 14.2 Å². The van der Waals surface area contributed by atoms with Crippen LogP contribution in [0.25, 0.3) is 0 Å². The van der Waals surface area contributed by atoms with Crippen LogP contribution in [0.2, 0.25) is 0 Å². The van der Waals surface area contributed by atoms with E-state index in [1.165, 1.54) is 19.3 Å². The fourth-order valence-corrected chi connectivity index (χ4v) is 6.80. The summed E-state index contributed by atoms with van der Waals surface area (Å²) < 4.78 is 5.48. The average Bonchev–Trinajstić information content (AvgIpc) is 2.70. The van der Waals surface area contributed by atoms with Crippen LogP contribution < -0.4 is 10.1 Å². The summed E-state index contributed by atoms with van der Waals surface area (Å²) >= 11 is 0. The molecule has 1 atom stereocenters. The van der Waals surface area contributed by atoms with Gasteiger partial charge in [0.1, 0.15) is 11.8 Å². The van der Waals surface area contributed by atoms with E-state index in [2.05, 4.69) is 11.4 Å². The highest BCUT2D eigenvalue weighted by Crippen LogP contribution is 2.60. The molecule has 5 nitrogen and oxygen atoms in total. The van der Waals surface area contributed by atoms with Gasteiger partial charge in [-0.15, -0.1) is 0 Å². The highest BCUT2D eigenvalue weighted by molar-refractivity contribution is 5.90. The van der Waals surface area contributed by atoms with Crippen LogP contribution in [-0.4, -0.2) is 36.9 Å². The molecule has 0 unspecified atom stereocenters. The third-order valence-corrected chi connectivity index (χ3v) is 7.96. The second-order valence-corrected chi connectivity index (χ2v) is 10.9. The van der Waals surface area contributed by atoms with E-state index in [9.17, 15) is 9.59 Å². The van der Waals surface area contributed by atoms with E-state index in [0.29, 0.717) is 24.3 Å². The zero-order valence-corrected chi connectivity index (χ0v) is 19.7. The van der Waals surface area contributed by atoms with Crippen molar-refractivity contribution in [1.29, 1.82) is 0 Å². The molecule has 4 aliphatic carbocycles. The first-order chi connectivity index (χ1) is 14.7. The van der Waals surface area contributed by atoms with Crippen molar-refractivity contribution in [3.05, 3.63) is 29.3 Å². The zero-order chi connectivity index (χ0) is 22.3. The normalized spacial score (nSPS) is 29.7. The van der Waals surface area contributed by atoms with Crippen molar-refractivity contribution in [3.63, 3.8) is 0 Å². The van der Waals surface area contributed by atoms with Gasteiger partial charge in [0.25, 0.3) is 0 Å². The minimum atomic E-state index is -0.499. The predicted molar refractivity (Wildman–Crippen MR) is 122 cm³/mol. The van der Waals surface area contributed by atoms with Crippen molar-refractivity contribution in [2.24, 2.45) is 29.1 Å². The number of carbonyl (C=O) groups excluding carboxylic acids is 2. The lowest BCUT2D eigenvalue weighted by Gasteiger charge is -2.56. The number of carbonyl (C=O) groups is 2. The second-order valence-electron chi connectivity index (χ2n) is 10.9. The number of benzene rings is 1. The Labute approximate surface area is 186 Å². The van der Waals surface area contributed by atoms with Gasteiger partial charge in [-0.05, 0) is 75.2 Å². The molecule has 0 radical (unpaired) electrons. The smallest absolute Gasteiger partial charge is 0.245 e. The number of nitrogens with one attached hydrogen (secondary N) is 1. The van der Waals surface area contributed by atoms with Crippen LogP contribution in [0.15, 0.2) is 18.2 Å². The van der Waals surface area contributed by atoms with Crippen molar-refractivity contribution in [2.45, 2.75) is 71.9 Å². The summed E-state index contributed by atoms with van der Waals surface area (Å²) in [5.41, 5.74) is 1.88. The molecule has 0 aliphatic heterocycles. The van der Waals surface area contributed by atoms with Crippen molar-refractivity contribution < 1.29 is 14.3 Å². The number of amides is 2. The van der Waals surface area contributed by atoms with Gasteiger partial charge in [0, 0.05) is 24.6 Å². The lowest BCUT2D eigenvalue weighted by molar-refractivity contribution is -0.150. The summed E-state index contributed by atoms with van der Waals surface area (Å²) in [5.74, 6) is 3.04. The van der Waals surface area contributed by atoms with Crippen LogP contribution in [0.3, 0.4) is 0 Å². The minimum Gasteiger partial charge on any atom is -0.496 e. The molecule has 31 heavy (non-hydrogen) atoms. The Morgan fingerprint density at radius 1 is 1.13 bits per heavy atom. The summed E-state index contributed by atoms with van der Waals surface area (Å²) in [6.45, 7) is 6.53. The number of rotatable bonds is 7. The Balaban J connectivity index is 1.47. The number of likely N-dealkylation sites (N-methyl/N-ethyl adjacent to an activating group) is 1. The Bertz CT molecular complexity index is 812. The second kappa shape index (κ2) is 8.48. The van der Waals surface area contributed by atoms with E-state index in [-0.39, 0.29) is 23.1 Å². The molecule has 0 aromatic heterocycles. The molecule has 4 saturated carbocycles.